The van der Waals surface area contributed by atoms with E-state index in [-0.39, 0.29) is 5.78 Å². The molecule has 0 radical (unpaired) electrons. The SMILES string of the molecule is O=C(O)/C=C/C(=O)c1c[nH]c2ncc(Br)cc12. The Morgan fingerprint density at radius 3 is 2.88 bits per heavy atom. The Bertz CT molecular complexity index is 631. The zero-order valence-corrected chi connectivity index (χ0v) is 10.1. The molecular formula is C11H7BrN2O3. The summed E-state index contributed by atoms with van der Waals surface area (Å²) in [5.41, 5.74) is 0.978. The van der Waals surface area contributed by atoms with Crippen molar-refractivity contribution in [3.05, 3.63) is 40.6 Å². The van der Waals surface area contributed by atoms with Crippen LogP contribution in [0.25, 0.3) is 11.0 Å². The number of H-pyrrole nitrogens is 1. The number of aliphatic carboxylic acids is 1. The van der Waals surface area contributed by atoms with Crippen molar-refractivity contribution >= 4 is 38.7 Å². The molecular weight excluding hydrogens is 288 g/mol. The normalized spacial score (nSPS) is 11.1. The molecule has 0 amide bonds. The Kier molecular flexibility index (Phi) is 3.06. The van der Waals surface area contributed by atoms with Gasteiger partial charge in [-0.1, -0.05) is 0 Å². The molecule has 2 aromatic heterocycles. The Hall–Kier alpha value is -1.95. The number of carboxylic acid groups (broad SMARTS) is 1. The highest BCUT2D eigenvalue weighted by atomic mass is 79.9. The zero-order valence-electron chi connectivity index (χ0n) is 8.48. The van der Waals surface area contributed by atoms with E-state index in [0.29, 0.717) is 16.6 Å². The molecule has 17 heavy (non-hydrogen) atoms. The molecule has 0 aliphatic carbocycles. The van der Waals surface area contributed by atoms with Crippen molar-refractivity contribution in [3.8, 4) is 0 Å². The van der Waals surface area contributed by atoms with E-state index in [1.807, 2.05) is 0 Å². The minimum atomic E-state index is -1.16. The molecule has 2 aromatic rings. The number of pyridine rings is 1. The molecule has 0 spiro atoms. The predicted octanol–water partition coefficient (Wildman–Crippen LogP) is 2.15. The lowest BCUT2D eigenvalue weighted by Gasteiger charge is -1.94. The highest BCUT2D eigenvalue weighted by Gasteiger charge is 2.10. The van der Waals surface area contributed by atoms with Crippen molar-refractivity contribution in [1.29, 1.82) is 0 Å². The number of fused-ring (bicyclic) bond motifs is 1. The summed E-state index contributed by atoms with van der Waals surface area (Å²) in [7, 11) is 0. The molecule has 5 nitrogen and oxygen atoms in total. The number of hydrogen-bond acceptors (Lipinski definition) is 3. The Morgan fingerprint density at radius 2 is 2.18 bits per heavy atom. The van der Waals surface area contributed by atoms with E-state index in [1.54, 1.807) is 12.3 Å². The van der Waals surface area contributed by atoms with Crippen molar-refractivity contribution in [1.82, 2.24) is 9.97 Å². The van der Waals surface area contributed by atoms with E-state index in [1.165, 1.54) is 6.20 Å². The van der Waals surface area contributed by atoms with Gasteiger partial charge in [0.1, 0.15) is 5.65 Å². The van der Waals surface area contributed by atoms with Gasteiger partial charge in [0.05, 0.1) is 0 Å². The van der Waals surface area contributed by atoms with Crippen molar-refractivity contribution < 1.29 is 14.7 Å². The van der Waals surface area contributed by atoms with Gasteiger partial charge < -0.3 is 10.1 Å². The summed E-state index contributed by atoms with van der Waals surface area (Å²) in [4.78, 5) is 29.0. The number of carbonyl (C=O) groups is 2. The van der Waals surface area contributed by atoms with Gasteiger partial charge in [0, 0.05) is 33.9 Å². The standard InChI is InChI=1S/C11H7BrN2O3/c12-6-3-7-8(5-14-11(7)13-4-6)9(15)1-2-10(16)17/h1-5H,(H,13,14)(H,16,17)/b2-1+. The van der Waals surface area contributed by atoms with Crippen molar-refractivity contribution in [2.75, 3.05) is 0 Å². The summed E-state index contributed by atoms with van der Waals surface area (Å²) in [6.45, 7) is 0. The first-order valence-corrected chi connectivity index (χ1v) is 5.45. The van der Waals surface area contributed by atoms with E-state index in [0.717, 1.165) is 16.6 Å². The summed E-state index contributed by atoms with van der Waals surface area (Å²) < 4.78 is 0.751. The second kappa shape index (κ2) is 4.50. The van der Waals surface area contributed by atoms with E-state index in [4.69, 9.17) is 5.11 Å². The van der Waals surface area contributed by atoms with Gasteiger partial charge in [0.2, 0.25) is 0 Å². The molecule has 86 valence electrons. The van der Waals surface area contributed by atoms with Crippen molar-refractivity contribution in [2.45, 2.75) is 0 Å². The minimum Gasteiger partial charge on any atom is -0.478 e. The smallest absolute Gasteiger partial charge is 0.328 e. The maximum Gasteiger partial charge on any atom is 0.328 e. The first kappa shape index (κ1) is 11.5. The molecule has 0 unspecified atom stereocenters. The van der Waals surface area contributed by atoms with Gasteiger partial charge >= 0.3 is 5.97 Å². The van der Waals surface area contributed by atoms with Crippen LogP contribution >= 0.6 is 15.9 Å². The Labute approximate surface area is 104 Å². The van der Waals surface area contributed by atoms with Crippen LogP contribution in [0.1, 0.15) is 10.4 Å². The minimum absolute atomic E-state index is 0.376. The van der Waals surface area contributed by atoms with Crippen molar-refractivity contribution in [3.63, 3.8) is 0 Å². The zero-order chi connectivity index (χ0) is 12.4. The lowest BCUT2D eigenvalue weighted by molar-refractivity contribution is -0.131. The maximum absolute atomic E-state index is 11.7. The molecule has 0 fully saturated rings. The monoisotopic (exact) mass is 294 g/mol. The quantitative estimate of drug-likeness (QED) is 0.671. The summed E-state index contributed by atoms with van der Waals surface area (Å²) >= 11 is 3.26. The Balaban J connectivity index is 2.45. The highest BCUT2D eigenvalue weighted by Crippen LogP contribution is 2.21. The molecule has 2 heterocycles. The number of carbonyl (C=O) groups excluding carboxylic acids is 1. The Morgan fingerprint density at radius 1 is 1.41 bits per heavy atom. The fourth-order valence-corrected chi connectivity index (χ4v) is 1.75. The number of hydrogen-bond donors (Lipinski definition) is 2. The van der Waals surface area contributed by atoms with Crippen LogP contribution in [-0.2, 0) is 4.79 Å². The second-order valence-electron chi connectivity index (χ2n) is 3.29. The fraction of sp³-hybridized carbons (Fsp3) is 0. The van der Waals surface area contributed by atoms with E-state index < -0.39 is 5.97 Å². The van der Waals surface area contributed by atoms with Gasteiger partial charge in [-0.25, -0.2) is 9.78 Å². The molecule has 0 saturated heterocycles. The number of nitrogens with one attached hydrogen (secondary N) is 1. The number of allylic oxidation sites excluding steroid dienone is 1. The summed E-state index contributed by atoms with van der Waals surface area (Å²) in [6.07, 6.45) is 4.96. The maximum atomic E-state index is 11.7. The van der Waals surface area contributed by atoms with E-state index in [2.05, 4.69) is 25.9 Å². The molecule has 0 bridgehead atoms. The molecule has 0 aliphatic rings. The van der Waals surface area contributed by atoms with E-state index in [9.17, 15) is 9.59 Å². The number of nitrogens with zero attached hydrogens (tertiary/aromatic N) is 1. The van der Waals surface area contributed by atoms with Crippen LogP contribution in [0.15, 0.2) is 35.1 Å². The molecule has 0 aliphatic heterocycles. The van der Waals surface area contributed by atoms with Gasteiger partial charge in [-0.2, -0.15) is 0 Å². The molecule has 2 rings (SSSR count). The number of aromatic nitrogens is 2. The largest absolute Gasteiger partial charge is 0.478 e. The molecule has 0 saturated carbocycles. The topological polar surface area (TPSA) is 83.0 Å². The van der Waals surface area contributed by atoms with Gasteiger partial charge in [0.25, 0.3) is 0 Å². The van der Waals surface area contributed by atoms with Crippen LogP contribution in [0.4, 0.5) is 0 Å². The van der Waals surface area contributed by atoms with Gasteiger partial charge in [-0.05, 0) is 28.1 Å². The third-order valence-corrected chi connectivity index (χ3v) is 2.57. The lowest BCUT2D eigenvalue weighted by Crippen LogP contribution is -1.95. The molecule has 2 N–H and O–H groups in total. The summed E-state index contributed by atoms with van der Waals surface area (Å²) in [5, 5.41) is 9.10. The third-order valence-electron chi connectivity index (χ3n) is 2.14. The van der Waals surface area contributed by atoms with E-state index >= 15 is 0 Å². The first-order chi connectivity index (χ1) is 8.08. The number of aromatic amines is 1. The van der Waals surface area contributed by atoms with Gasteiger partial charge in [-0.3, -0.25) is 4.79 Å². The predicted molar refractivity (Wildman–Crippen MR) is 64.9 cm³/mol. The summed E-state index contributed by atoms with van der Waals surface area (Å²) in [5.74, 6) is -1.53. The van der Waals surface area contributed by atoms with Gasteiger partial charge in [0.15, 0.2) is 5.78 Å². The van der Waals surface area contributed by atoms with Crippen LogP contribution in [0.5, 0.6) is 0 Å². The second-order valence-corrected chi connectivity index (χ2v) is 4.20. The molecule has 0 atom stereocenters. The van der Waals surface area contributed by atoms with Crippen LogP contribution in [-0.4, -0.2) is 26.8 Å². The van der Waals surface area contributed by atoms with Crippen LogP contribution < -0.4 is 0 Å². The molecule has 6 heteroatoms. The van der Waals surface area contributed by atoms with Crippen LogP contribution in [0.2, 0.25) is 0 Å². The number of carboxylic acids is 1. The number of rotatable bonds is 3. The molecule has 0 aromatic carbocycles. The third kappa shape index (κ3) is 2.42. The fourth-order valence-electron chi connectivity index (χ4n) is 1.42. The average Bonchev–Trinajstić information content (AvgIpc) is 2.68. The van der Waals surface area contributed by atoms with Gasteiger partial charge in [-0.15, -0.1) is 0 Å². The highest BCUT2D eigenvalue weighted by molar-refractivity contribution is 9.10. The van der Waals surface area contributed by atoms with Crippen LogP contribution in [0.3, 0.4) is 0 Å². The number of ketones is 1. The first-order valence-electron chi connectivity index (χ1n) is 4.66. The number of halogens is 1. The summed E-state index contributed by atoms with van der Waals surface area (Å²) in [6, 6.07) is 1.75. The lowest BCUT2D eigenvalue weighted by atomic mass is 10.1. The van der Waals surface area contributed by atoms with Crippen LogP contribution in [0, 0.1) is 0 Å². The van der Waals surface area contributed by atoms with Crippen molar-refractivity contribution in [2.24, 2.45) is 0 Å². The average molecular weight is 295 g/mol.